The van der Waals surface area contributed by atoms with Crippen molar-refractivity contribution in [1.82, 2.24) is 0 Å². The molecule has 0 radical (unpaired) electrons. The minimum Gasteiger partial charge on any atom is -0.428 e. The molecule has 0 amide bonds. The minimum atomic E-state index is -4.47. The van der Waals surface area contributed by atoms with Crippen molar-refractivity contribution in [2.75, 3.05) is 0 Å². The Morgan fingerprint density at radius 3 is 1.90 bits per heavy atom. The molecule has 1 nitrogen and oxygen atoms in total. The Labute approximate surface area is 228 Å². The quantitative estimate of drug-likeness (QED) is 0.172. The second-order valence-corrected chi connectivity index (χ2v) is 10.8. The van der Waals surface area contributed by atoms with Gasteiger partial charge >= 0.3 is 12.3 Å². The SMILES string of the molecule is CCCCC[C@H]1CC[C@H](CCc2ccc(C(F)(F)Oc3ccccc3-c3ccc(C(F)(F)F)cc3)cc2)CC1. The molecule has 3 aromatic carbocycles. The number of hydrogen-bond acceptors (Lipinski definition) is 1. The van der Waals surface area contributed by atoms with E-state index in [1.54, 1.807) is 30.3 Å². The largest absolute Gasteiger partial charge is 0.428 e. The Balaban J connectivity index is 1.34. The fraction of sp³-hybridized carbons (Fsp3) is 0.455. The van der Waals surface area contributed by atoms with Gasteiger partial charge in [0, 0.05) is 5.56 Å². The Bertz CT molecular complexity index is 1160. The second kappa shape index (κ2) is 13.0. The van der Waals surface area contributed by atoms with Crippen molar-refractivity contribution in [3.8, 4) is 16.9 Å². The van der Waals surface area contributed by atoms with Crippen LogP contribution >= 0.6 is 0 Å². The van der Waals surface area contributed by atoms with Crippen LogP contribution in [0, 0.1) is 11.8 Å². The molecule has 0 saturated heterocycles. The first-order chi connectivity index (χ1) is 18.7. The van der Waals surface area contributed by atoms with Crippen LogP contribution in [0.1, 0.15) is 81.4 Å². The van der Waals surface area contributed by atoms with Gasteiger partial charge in [-0.15, -0.1) is 0 Å². The summed E-state index contributed by atoms with van der Waals surface area (Å²) < 4.78 is 74.2. The van der Waals surface area contributed by atoms with E-state index in [1.165, 1.54) is 81.7 Å². The van der Waals surface area contributed by atoms with Gasteiger partial charge in [-0.3, -0.25) is 0 Å². The second-order valence-electron chi connectivity index (χ2n) is 10.8. The average molecular weight is 545 g/mol. The predicted molar refractivity (Wildman–Crippen MR) is 146 cm³/mol. The lowest BCUT2D eigenvalue weighted by atomic mass is 9.78. The van der Waals surface area contributed by atoms with E-state index in [2.05, 4.69) is 6.92 Å². The summed E-state index contributed by atoms with van der Waals surface area (Å²) in [6.45, 7) is 2.24. The van der Waals surface area contributed by atoms with E-state index >= 15 is 8.78 Å². The van der Waals surface area contributed by atoms with Crippen LogP contribution in [0.15, 0.2) is 72.8 Å². The van der Waals surface area contributed by atoms with Crippen molar-refractivity contribution < 1.29 is 26.7 Å². The molecule has 4 rings (SSSR count). The number of aryl methyl sites for hydroxylation is 1. The van der Waals surface area contributed by atoms with E-state index < -0.39 is 17.8 Å². The summed E-state index contributed by atoms with van der Waals surface area (Å²) in [5.41, 5.74) is 0.623. The topological polar surface area (TPSA) is 9.23 Å². The molecule has 0 bridgehead atoms. The predicted octanol–water partition coefficient (Wildman–Crippen LogP) is 10.8. The molecule has 210 valence electrons. The molecule has 39 heavy (non-hydrogen) atoms. The first-order valence-electron chi connectivity index (χ1n) is 14.1. The lowest BCUT2D eigenvalue weighted by molar-refractivity contribution is -0.185. The molecule has 1 fully saturated rings. The number of rotatable bonds is 11. The zero-order valence-electron chi connectivity index (χ0n) is 22.5. The standard InChI is InChI=1S/C33H37F5O/c1-2-3-4-7-24-10-12-25(13-11-24)14-15-26-16-20-29(21-17-26)33(37,38)39-31-9-6-5-8-30(31)27-18-22-28(23-19-27)32(34,35)36/h5-6,8-9,16-25H,2-4,7,10-15H2,1H3/t24-,25-. The lowest BCUT2D eigenvalue weighted by Crippen LogP contribution is -2.22. The number of alkyl halides is 5. The molecule has 1 saturated carbocycles. The van der Waals surface area contributed by atoms with Gasteiger partial charge < -0.3 is 4.74 Å². The molecule has 0 aliphatic heterocycles. The van der Waals surface area contributed by atoms with Gasteiger partial charge in [0.15, 0.2) is 0 Å². The Morgan fingerprint density at radius 1 is 0.692 bits per heavy atom. The van der Waals surface area contributed by atoms with Crippen molar-refractivity contribution in [3.63, 3.8) is 0 Å². The molecule has 0 spiro atoms. The average Bonchev–Trinajstić information content (AvgIpc) is 2.93. The number of benzene rings is 3. The number of ether oxygens (including phenoxy) is 1. The van der Waals surface area contributed by atoms with Crippen molar-refractivity contribution in [2.24, 2.45) is 11.8 Å². The summed E-state index contributed by atoms with van der Waals surface area (Å²) in [6, 6.07) is 16.8. The van der Waals surface area contributed by atoms with Gasteiger partial charge in [-0.2, -0.15) is 22.0 Å². The molecular formula is C33H37F5O. The fourth-order valence-corrected chi connectivity index (χ4v) is 5.56. The van der Waals surface area contributed by atoms with Crippen LogP contribution in [-0.4, -0.2) is 0 Å². The van der Waals surface area contributed by atoms with Crippen molar-refractivity contribution in [2.45, 2.75) is 83.4 Å². The Morgan fingerprint density at radius 2 is 1.28 bits per heavy atom. The maximum Gasteiger partial charge on any atom is 0.426 e. The van der Waals surface area contributed by atoms with Crippen LogP contribution in [0.4, 0.5) is 22.0 Å². The van der Waals surface area contributed by atoms with E-state index in [4.69, 9.17) is 4.74 Å². The van der Waals surface area contributed by atoms with Crippen molar-refractivity contribution >= 4 is 0 Å². The van der Waals surface area contributed by atoms with E-state index in [-0.39, 0.29) is 11.3 Å². The number of hydrogen-bond donors (Lipinski definition) is 0. The van der Waals surface area contributed by atoms with E-state index in [1.807, 2.05) is 0 Å². The molecule has 0 N–H and O–H groups in total. The summed E-state index contributed by atoms with van der Waals surface area (Å²) in [5.74, 6) is 1.48. The third-order valence-electron chi connectivity index (χ3n) is 7.96. The smallest absolute Gasteiger partial charge is 0.426 e. The van der Waals surface area contributed by atoms with Crippen LogP contribution in [0.2, 0.25) is 0 Å². The van der Waals surface area contributed by atoms with Gasteiger partial charge in [0.25, 0.3) is 0 Å². The van der Waals surface area contributed by atoms with Crippen LogP contribution in [0.3, 0.4) is 0 Å². The highest BCUT2D eigenvalue weighted by Crippen LogP contribution is 2.39. The maximum absolute atomic E-state index is 15.1. The highest BCUT2D eigenvalue weighted by atomic mass is 19.4. The fourth-order valence-electron chi connectivity index (χ4n) is 5.56. The molecule has 0 unspecified atom stereocenters. The normalized spacial score (nSPS) is 18.2. The molecule has 3 aromatic rings. The lowest BCUT2D eigenvalue weighted by Gasteiger charge is -2.28. The van der Waals surface area contributed by atoms with Crippen LogP contribution < -0.4 is 4.74 Å². The van der Waals surface area contributed by atoms with Gasteiger partial charge in [0.2, 0.25) is 0 Å². The Hall–Kier alpha value is -2.89. The maximum atomic E-state index is 15.1. The molecule has 0 aromatic heterocycles. The third kappa shape index (κ3) is 8.06. The van der Waals surface area contributed by atoms with E-state index in [0.29, 0.717) is 17.0 Å². The monoisotopic (exact) mass is 544 g/mol. The highest BCUT2D eigenvalue weighted by molar-refractivity contribution is 5.70. The minimum absolute atomic E-state index is 0.100. The van der Waals surface area contributed by atoms with Gasteiger partial charge in [-0.25, -0.2) is 0 Å². The summed E-state index contributed by atoms with van der Waals surface area (Å²) in [7, 11) is 0. The summed E-state index contributed by atoms with van der Waals surface area (Å²) in [4.78, 5) is 0. The highest BCUT2D eigenvalue weighted by Gasteiger charge is 2.35. The van der Waals surface area contributed by atoms with Crippen LogP contribution in [-0.2, 0) is 18.7 Å². The van der Waals surface area contributed by atoms with Gasteiger partial charge in [-0.05, 0) is 66.1 Å². The third-order valence-corrected chi connectivity index (χ3v) is 7.96. The number of unbranched alkanes of at least 4 members (excludes halogenated alkanes) is 2. The molecule has 1 aliphatic rings. The van der Waals surface area contributed by atoms with Crippen molar-refractivity contribution in [1.29, 1.82) is 0 Å². The van der Waals surface area contributed by atoms with E-state index in [0.717, 1.165) is 36.5 Å². The van der Waals surface area contributed by atoms with E-state index in [9.17, 15) is 13.2 Å². The number of halogens is 5. The van der Waals surface area contributed by atoms with Gasteiger partial charge in [0.1, 0.15) is 5.75 Å². The van der Waals surface area contributed by atoms with Crippen LogP contribution in [0.5, 0.6) is 5.75 Å². The summed E-state index contributed by atoms with van der Waals surface area (Å²) in [6.07, 6.45) is 4.31. The van der Waals surface area contributed by atoms with Crippen LogP contribution in [0.25, 0.3) is 11.1 Å². The molecular weight excluding hydrogens is 507 g/mol. The zero-order valence-corrected chi connectivity index (χ0v) is 22.5. The number of para-hydroxylation sites is 1. The molecule has 6 heteroatoms. The van der Waals surface area contributed by atoms with Gasteiger partial charge in [0.05, 0.1) is 11.1 Å². The molecule has 1 aliphatic carbocycles. The first kappa shape index (κ1) is 29.1. The molecule has 0 atom stereocenters. The molecule has 0 heterocycles. The Kier molecular flexibility index (Phi) is 9.68. The van der Waals surface area contributed by atoms with Gasteiger partial charge in [-0.1, -0.05) is 101 Å². The summed E-state index contributed by atoms with van der Waals surface area (Å²) in [5, 5.41) is 0. The summed E-state index contributed by atoms with van der Waals surface area (Å²) >= 11 is 0. The van der Waals surface area contributed by atoms with Crippen molar-refractivity contribution in [3.05, 3.63) is 89.5 Å². The zero-order chi connectivity index (χ0) is 27.9. The first-order valence-corrected chi connectivity index (χ1v) is 14.1.